The number of thioether (sulfide) groups is 1. The van der Waals surface area contributed by atoms with Crippen LogP contribution in [0.5, 0.6) is 0 Å². The number of ether oxygens (including phenoxy) is 2. The third-order valence-corrected chi connectivity index (χ3v) is 3.02. The fraction of sp³-hybridized carbons (Fsp3) is 0.400. The van der Waals surface area contributed by atoms with Crippen LogP contribution in [0.1, 0.15) is 6.42 Å². The lowest BCUT2D eigenvalue weighted by atomic mass is 10.4. The van der Waals surface area contributed by atoms with E-state index in [4.69, 9.17) is 9.47 Å². The standard InChI is InChI=1S/C10H12O2S/c1-2-4-9(5-3-1)13-10-6-7-11-8-12-10/h1-5,10H,6-8H2. The maximum Gasteiger partial charge on any atom is 0.148 e. The van der Waals surface area contributed by atoms with Crippen LogP contribution in [0, 0.1) is 0 Å². The molecule has 1 unspecified atom stereocenters. The van der Waals surface area contributed by atoms with E-state index in [1.165, 1.54) is 4.90 Å². The molecule has 2 nitrogen and oxygen atoms in total. The Hall–Kier alpha value is -0.510. The minimum absolute atomic E-state index is 0.260. The van der Waals surface area contributed by atoms with Crippen LogP contribution in [0.3, 0.4) is 0 Å². The third kappa shape index (κ3) is 2.72. The van der Waals surface area contributed by atoms with Gasteiger partial charge in [-0.2, -0.15) is 0 Å². The first-order chi connectivity index (χ1) is 6.45. The highest BCUT2D eigenvalue weighted by Crippen LogP contribution is 2.27. The summed E-state index contributed by atoms with van der Waals surface area (Å²) in [5.41, 5.74) is 0.260. The molecule has 0 aromatic heterocycles. The van der Waals surface area contributed by atoms with Crippen molar-refractivity contribution in [2.24, 2.45) is 0 Å². The summed E-state index contributed by atoms with van der Waals surface area (Å²) >= 11 is 1.76. The molecule has 0 amide bonds. The first-order valence-corrected chi connectivity index (χ1v) is 5.24. The van der Waals surface area contributed by atoms with Gasteiger partial charge in [0.1, 0.15) is 12.2 Å². The zero-order valence-corrected chi connectivity index (χ0v) is 8.13. The Morgan fingerprint density at radius 2 is 2.08 bits per heavy atom. The van der Waals surface area contributed by atoms with Gasteiger partial charge in [0.25, 0.3) is 0 Å². The van der Waals surface area contributed by atoms with E-state index in [0.29, 0.717) is 6.79 Å². The number of hydrogen-bond acceptors (Lipinski definition) is 3. The zero-order chi connectivity index (χ0) is 8.93. The SMILES string of the molecule is c1ccc(SC2CCOCO2)cc1. The van der Waals surface area contributed by atoms with Crippen LogP contribution in [0.15, 0.2) is 35.2 Å². The van der Waals surface area contributed by atoms with Crippen molar-refractivity contribution in [1.29, 1.82) is 0 Å². The summed E-state index contributed by atoms with van der Waals surface area (Å²) in [6, 6.07) is 10.3. The van der Waals surface area contributed by atoms with E-state index < -0.39 is 0 Å². The smallest absolute Gasteiger partial charge is 0.148 e. The van der Waals surface area contributed by atoms with E-state index in [9.17, 15) is 0 Å². The van der Waals surface area contributed by atoms with Crippen molar-refractivity contribution >= 4 is 11.8 Å². The zero-order valence-electron chi connectivity index (χ0n) is 7.31. The molecule has 0 spiro atoms. The average Bonchev–Trinajstić information content (AvgIpc) is 2.21. The summed E-state index contributed by atoms with van der Waals surface area (Å²) in [5, 5.41) is 0. The van der Waals surface area contributed by atoms with Gasteiger partial charge in [0.15, 0.2) is 0 Å². The maximum absolute atomic E-state index is 5.42. The van der Waals surface area contributed by atoms with Gasteiger partial charge in [-0.25, -0.2) is 0 Å². The summed E-state index contributed by atoms with van der Waals surface area (Å²) in [5.74, 6) is 0. The van der Waals surface area contributed by atoms with E-state index in [1.54, 1.807) is 11.8 Å². The van der Waals surface area contributed by atoms with Crippen LogP contribution in [-0.4, -0.2) is 18.8 Å². The van der Waals surface area contributed by atoms with Crippen molar-refractivity contribution in [2.45, 2.75) is 16.8 Å². The van der Waals surface area contributed by atoms with E-state index in [-0.39, 0.29) is 5.44 Å². The van der Waals surface area contributed by atoms with Gasteiger partial charge in [0, 0.05) is 11.3 Å². The van der Waals surface area contributed by atoms with Crippen molar-refractivity contribution in [1.82, 2.24) is 0 Å². The van der Waals surface area contributed by atoms with Gasteiger partial charge in [-0.15, -0.1) is 0 Å². The molecule has 70 valence electrons. The molecule has 1 aromatic carbocycles. The Balaban J connectivity index is 1.90. The Morgan fingerprint density at radius 1 is 1.23 bits per heavy atom. The second-order valence-corrected chi connectivity index (χ2v) is 4.07. The number of benzene rings is 1. The van der Waals surface area contributed by atoms with Gasteiger partial charge in [-0.1, -0.05) is 30.0 Å². The minimum Gasteiger partial charge on any atom is -0.355 e. The van der Waals surface area contributed by atoms with Crippen molar-refractivity contribution in [3.8, 4) is 0 Å². The van der Waals surface area contributed by atoms with Crippen molar-refractivity contribution in [2.75, 3.05) is 13.4 Å². The van der Waals surface area contributed by atoms with Gasteiger partial charge < -0.3 is 9.47 Å². The fourth-order valence-corrected chi connectivity index (χ4v) is 2.15. The molecule has 0 aliphatic carbocycles. The third-order valence-electron chi connectivity index (χ3n) is 1.85. The number of rotatable bonds is 2. The van der Waals surface area contributed by atoms with Crippen LogP contribution in [0.4, 0.5) is 0 Å². The van der Waals surface area contributed by atoms with Gasteiger partial charge in [-0.05, 0) is 12.1 Å². The molecular weight excluding hydrogens is 184 g/mol. The highest BCUT2D eigenvalue weighted by molar-refractivity contribution is 7.99. The Bertz CT molecular complexity index is 244. The van der Waals surface area contributed by atoms with E-state index in [2.05, 4.69) is 12.1 Å². The monoisotopic (exact) mass is 196 g/mol. The molecule has 0 bridgehead atoms. The van der Waals surface area contributed by atoms with Crippen molar-refractivity contribution in [3.05, 3.63) is 30.3 Å². The van der Waals surface area contributed by atoms with Gasteiger partial charge in [0.05, 0.1) is 6.61 Å². The molecule has 0 N–H and O–H groups in total. The highest BCUT2D eigenvalue weighted by Gasteiger charge is 2.14. The van der Waals surface area contributed by atoms with Gasteiger partial charge in [0.2, 0.25) is 0 Å². The molecule has 0 saturated carbocycles. The average molecular weight is 196 g/mol. The van der Waals surface area contributed by atoms with Crippen LogP contribution in [-0.2, 0) is 9.47 Å². The molecule has 1 aliphatic heterocycles. The molecule has 13 heavy (non-hydrogen) atoms. The topological polar surface area (TPSA) is 18.5 Å². The van der Waals surface area contributed by atoms with Gasteiger partial charge in [-0.3, -0.25) is 0 Å². The Morgan fingerprint density at radius 3 is 2.77 bits per heavy atom. The lowest BCUT2D eigenvalue weighted by Gasteiger charge is -2.21. The summed E-state index contributed by atoms with van der Waals surface area (Å²) in [6.07, 6.45) is 0.972. The van der Waals surface area contributed by atoms with Crippen LogP contribution < -0.4 is 0 Å². The Labute approximate surface area is 82.2 Å². The summed E-state index contributed by atoms with van der Waals surface area (Å²) < 4.78 is 10.5. The lowest BCUT2D eigenvalue weighted by molar-refractivity contribution is -0.109. The summed E-state index contributed by atoms with van der Waals surface area (Å²) in [6.45, 7) is 1.25. The number of hydrogen-bond donors (Lipinski definition) is 0. The summed E-state index contributed by atoms with van der Waals surface area (Å²) in [7, 11) is 0. The molecule has 1 heterocycles. The predicted octanol–water partition coefficient (Wildman–Crippen LogP) is 2.50. The summed E-state index contributed by atoms with van der Waals surface area (Å²) in [4.78, 5) is 1.26. The van der Waals surface area contributed by atoms with Crippen LogP contribution >= 0.6 is 11.8 Å². The fourth-order valence-electron chi connectivity index (χ4n) is 1.19. The molecule has 1 aromatic rings. The highest BCUT2D eigenvalue weighted by atomic mass is 32.2. The molecule has 1 saturated heterocycles. The van der Waals surface area contributed by atoms with Crippen molar-refractivity contribution in [3.63, 3.8) is 0 Å². The lowest BCUT2D eigenvalue weighted by Crippen LogP contribution is -2.20. The molecule has 1 aliphatic rings. The van der Waals surface area contributed by atoms with Crippen molar-refractivity contribution < 1.29 is 9.47 Å². The van der Waals surface area contributed by atoms with Gasteiger partial charge >= 0.3 is 0 Å². The van der Waals surface area contributed by atoms with E-state index >= 15 is 0 Å². The van der Waals surface area contributed by atoms with E-state index in [0.717, 1.165) is 13.0 Å². The van der Waals surface area contributed by atoms with E-state index in [1.807, 2.05) is 18.2 Å². The molecule has 1 fully saturated rings. The quantitative estimate of drug-likeness (QED) is 0.724. The first-order valence-electron chi connectivity index (χ1n) is 4.36. The van der Waals surface area contributed by atoms with Crippen LogP contribution in [0.25, 0.3) is 0 Å². The Kier molecular flexibility index (Phi) is 3.24. The van der Waals surface area contributed by atoms with Crippen LogP contribution in [0.2, 0.25) is 0 Å². The second-order valence-electron chi connectivity index (χ2n) is 2.84. The normalized spacial score (nSPS) is 22.9. The molecule has 0 radical (unpaired) electrons. The second kappa shape index (κ2) is 4.65. The molecule has 2 rings (SSSR count). The molecule has 3 heteroatoms. The predicted molar refractivity (Wildman–Crippen MR) is 52.6 cm³/mol. The largest absolute Gasteiger partial charge is 0.355 e. The minimum atomic E-state index is 0.260. The molecular formula is C10H12O2S. The molecule has 1 atom stereocenters. The first kappa shape index (κ1) is 9.06. The maximum atomic E-state index is 5.42.